The van der Waals surface area contributed by atoms with E-state index in [1.165, 1.54) is 0 Å². The molecule has 2 rings (SSSR count). The van der Waals surface area contributed by atoms with Gasteiger partial charge in [0.2, 0.25) is 5.91 Å². The van der Waals surface area contributed by atoms with Crippen LogP contribution in [-0.4, -0.2) is 30.5 Å². The van der Waals surface area contributed by atoms with Crippen LogP contribution < -0.4 is 10.5 Å². The third-order valence-corrected chi connectivity index (χ3v) is 4.11. The van der Waals surface area contributed by atoms with E-state index in [1.807, 2.05) is 26.1 Å². The second-order valence-electron chi connectivity index (χ2n) is 5.84. The highest BCUT2D eigenvalue weighted by Gasteiger charge is 2.38. The quantitative estimate of drug-likeness (QED) is 0.917. The Balaban J connectivity index is 2.13. The zero-order valence-electron chi connectivity index (χ0n) is 12.6. The Morgan fingerprint density at radius 1 is 1.40 bits per heavy atom. The van der Waals surface area contributed by atoms with Crippen molar-refractivity contribution in [2.45, 2.75) is 44.7 Å². The van der Waals surface area contributed by atoms with Crippen LogP contribution in [0.15, 0.2) is 18.2 Å². The van der Waals surface area contributed by atoms with E-state index in [1.54, 1.807) is 12.0 Å². The van der Waals surface area contributed by atoms with E-state index in [0.717, 1.165) is 42.6 Å². The molecule has 1 aromatic rings. The van der Waals surface area contributed by atoms with Crippen molar-refractivity contribution in [2.24, 2.45) is 5.73 Å². The number of nitrogens with two attached hydrogens (primary N) is 1. The van der Waals surface area contributed by atoms with Crippen LogP contribution in [0.3, 0.4) is 0 Å². The summed E-state index contributed by atoms with van der Waals surface area (Å²) in [5.74, 6) is 0.853. The molecule has 0 aromatic heterocycles. The molecule has 0 atom stereocenters. The summed E-state index contributed by atoms with van der Waals surface area (Å²) in [5, 5.41) is 0. The largest absolute Gasteiger partial charge is 0.496 e. The summed E-state index contributed by atoms with van der Waals surface area (Å²) >= 11 is 0. The number of hydrogen-bond acceptors (Lipinski definition) is 3. The van der Waals surface area contributed by atoms with Gasteiger partial charge in [0.05, 0.1) is 12.6 Å². The number of rotatable bonds is 4. The van der Waals surface area contributed by atoms with Crippen molar-refractivity contribution in [2.75, 3.05) is 14.2 Å². The average Bonchev–Trinajstić information content (AvgIpc) is 2.86. The van der Waals surface area contributed by atoms with Crippen molar-refractivity contribution in [3.63, 3.8) is 0 Å². The molecule has 4 nitrogen and oxygen atoms in total. The monoisotopic (exact) mass is 276 g/mol. The minimum absolute atomic E-state index is 0.0403. The number of carbonyl (C=O) groups is 1. The maximum Gasteiger partial charge on any atom is 0.242 e. The van der Waals surface area contributed by atoms with Crippen molar-refractivity contribution in [3.8, 4) is 5.75 Å². The summed E-state index contributed by atoms with van der Waals surface area (Å²) in [6.45, 7) is 2.56. The number of ether oxygens (including phenoxy) is 1. The van der Waals surface area contributed by atoms with Crippen LogP contribution in [-0.2, 0) is 11.3 Å². The van der Waals surface area contributed by atoms with Crippen molar-refractivity contribution < 1.29 is 9.53 Å². The number of likely N-dealkylation sites (N-methyl/N-ethyl adjacent to an activating group) is 1. The van der Waals surface area contributed by atoms with Crippen LogP contribution in [0.4, 0.5) is 0 Å². The summed E-state index contributed by atoms with van der Waals surface area (Å²) in [5.41, 5.74) is 7.75. The van der Waals surface area contributed by atoms with Crippen LogP contribution >= 0.6 is 0 Å². The van der Waals surface area contributed by atoms with Gasteiger partial charge in [-0.15, -0.1) is 0 Å². The molecular weight excluding hydrogens is 252 g/mol. The normalized spacial score (nSPS) is 17.0. The van der Waals surface area contributed by atoms with Crippen LogP contribution in [0.1, 0.15) is 36.8 Å². The highest BCUT2D eigenvalue weighted by atomic mass is 16.5. The average molecular weight is 276 g/mol. The van der Waals surface area contributed by atoms with Crippen molar-refractivity contribution in [1.82, 2.24) is 4.90 Å². The van der Waals surface area contributed by atoms with Gasteiger partial charge in [-0.05, 0) is 25.8 Å². The van der Waals surface area contributed by atoms with Gasteiger partial charge in [-0.1, -0.05) is 30.5 Å². The fourth-order valence-corrected chi connectivity index (χ4v) is 2.96. The molecule has 1 aromatic carbocycles. The molecule has 0 spiro atoms. The molecule has 110 valence electrons. The first-order valence-electron chi connectivity index (χ1n) is 7.14. The first kappa shape index (κ1) is 14.9. The minimum Gasteiger partial charge on any atom is -0.496 e. The van der Waals surface area contributed by atoms with E-state index in [2.05, 4.69) is 6.07 Å². The molecule has 0 bridgehead atoms. The fourth-order valence-electron chi connectivity index (χ4n) is 2.96. The lowest BCUT2D eigenvalue weighted by molar-refractivity contribution is -0.136. The summed E-state index contributed by atoms with van der Waals surface area (Å²) in [4.78, 5) is 14.2. The Morgan fingerprint density at radius 2 is 2.05 bits per heavy atom. The van der Waals surface area contributed by atoms with E-state index in [4.69, 9.17) is 10.5 Å². The lowest BCUT2D eigenvalue weighted by atomic mass is 9.97. The third kappa shape index (κ3) is 2.96. The van der Waals surface area contributed by atoms with Gasteiger partial charge >= 0.3 is 0 Å². The highest BCUT2D eigenvalue weighted by molar-refractivity contribution is 5.86. The predicted octanol–water partition coefficient (Wildman–Crippen LogP) is 2.23. The van der Waals surface area contributed by atoms with Gasteiger partial charge in [0.25, 0.3) is 0 Å². The molecule has 0 aliphatic heterocycles. The molecule has 0 saturated heterocycles. The molecule has 0 unspecified atom stereocenters. The van der Waals surface area contributed by atoms with E-state index < -0.39 is 5.54 Å². The minimum atomic E-state index is -0.661. The summed E-state index contributed by atoms with van der Waals surface area (Å²) in [6.07, 6.45) is 3.68. The first-order valence-corrected chi connectivity index (χ1v) is 7.14. The molecule has 20 heavy (non-hydrogen) atoms. The molecule has 1 amide bonds. The maximum absolute atomic E-state index is 12.5. The molecular formula is C16H24N2O2. The van der Waals surface area contributed by atoms with Crippen LogP contribution in [0, 0.1) is 6.92 Å². The topological polar surface area (TPSA) is 55.6 Å². The second kappa shape index (κ2) is 5.83. The molecule has 0 radical (unpaired) electrons. The van der Waals surface area contributed by atoms with E-state index in [-0.39, 0.29) is 5.91 Å². The van der Waals surface area contributed by atoms with Crippen LogP contribution in [0.25, 0.3) is 0 Å². The van der Waals surface area contributed by atoms with Crippen LogP contribution in [0.2, 0.25) is 0 Å². The summed E-state index contributed by atoms with van der Waals surface area (Å²) < 4.78 is 5.36. The van der Waals surface area contributed by atoms with Crippen molar-refractivity contribution in [3.05, 3.63) is 29.3 Å². The molecule has 0 heterocycles. The summed E-state index contributed by atoms with van der Waals surface area (Å²) in [7, 11) is 3.47. The maximum atomic E-state index is 12.5. The van der Waals surface area contributed by atoms with Gasteiger partial charge in [-0.2, -0.15) is 0 Å². The van der Waals surface area contributed by atoms with Gasteiger partial charge in [-0.25, -0.2) is 0 Å². The molecule has 1 saturated carbocycles. The van der Waals surface area contributed by atoms with Crippen LogP contribution in [0.5, 0.6) is 5.75 Å². The smallest absolute Gasteiger partial charge is 0.242 e. The number of methoxy groups -OCH3 is 1. The number of amides is 1. The number of hydrogen-bond donors (Lipinski definition) is 1. The van der Waals surface area contributed by atoms with Crippen molar-refractivity contribution in [1.29, 1.82) is 0 Å². The Hall–Kier alpha value is -1.55. The van der Waals surface area contributed by atoms with E-state index >= 15 is 0 Å². The number of benzene rings is 1. The fraction of sp³-hybridized carbons (Fsp3) is 0.562. The van der Waals surface area contributed by atoms with Gasteiger partial charge in [0.1, 0.15) is 5.75 Å². The number of carbonyl (C=O) groups excluding carboxylic acids is 1. The Kier molecular flexibility index (Phi) is 4.33. The zero-order valence-corrected chi connectivity index (χ0v) is 12.6. The standard InChI is InChI=1S/C16H24N2O2/c1-12-6-7-14(20-3)13(10-12)11-18(2)15(19)16(17)8-4-5-9-16/h6-7,10H,4-5,8-9,11,17H2,1-3H3. The molecule has 1 fully saturated rings. The second-order valence-corrected chi connectivity index (χ2v) is 5.84. The number of nitrogens with zero attached hydrogens (tertiary/aromatic N) is 1. The van der Waals surface area contributed by atoms with Crippen molar-refractivity contribution >= 4 is 5.91 Å². The Labute approximate surface area is 120 Å². The van der Waals surface area contributed by atoms with E-state index in [0.29, 0.717) is 6.54 Å². The van der Waals surface area contributed by atoms with Gasteiger partial charge in [0.15, 0.2) is 0 Å². The first-order chi connectivity index (χ1) is 9.46. The Morgan fingerprint density at radius 3 is 2.65 bits per heavy atom. The third-order valence-electron chi connectivity index (χ3n) is 4.11. The van der Waals surface area contributed by atoms with Gasteiger partial charge < -0.3 is 15.4 Å². The van der Waals surface area contributed by atoms with E-state index in [9.17, 15) is 4.79 Å². The lowest BCUT2D eigenvalue weighted by Crippen LogP contribution is -2.52. The zero-order chi connectivity index (χ0) is 14.8. The Bertz CT molecular complexity index is 493. The highest BCUT2D eigenvalue weighted by Crippen LogP contribution is 2.30. The molecule has 2 N–H and O–H groups in total. The molecule has 1 aliphatic rings. The SMILES string of the molecule is COc1ccc(C)cc1CN(C)C(=O)C1(N)CCCC1. The summed E-state index contributed by atoms with van der Waals surface area (Å²) in [6, 6.07) is 6.00. The number of aryl methyl sites for hydroxylation is 1. The van der Waals surface area contributed by atoms with Gasteiger partial charge in [0, 0.05) is 19.2 Å². The lowest BCUT2D eigenvalue weighted by Gasteiger charge is -2.29. The molecule has 1 aliphatic carbocycles. The van der Waals surface area contributed by atoms with Gasteiger partial charge in [-0.3, -0.25) is 4.79 Å². The molecule has 4 heteroatoms. The predicted molar refractivity (Wildman–Crippen MR) is 79.6 cm³/mol.